The normalized spacial score (nSPS) is 10.4. The first-order valence-electron chi connectivity index (χ1n) is 5.21. The van der Waals surface area contributed by atoms with Crippen LogP contribution in [-0.2, 0) is 13.5 Å². The highest BCUT2D eigenvalue weighted by Crippen LogP contribution is 2.14. The number of carbonyl (C=O) groups excluding carboxylic acids is 1. The lowest BCUT2D eigenvalue weighted by Crippen LogP contribution is -2.10. The van der Waals surface area contributed by atoms with Crippen molar-refractivity contribution in [2.45, 2.75) is 13.3 Å². The molecule has 4 heteroatoms. The third-order valence-electron chi connectivity index (χ3n) is 2.59. The van der Waals surface area contributed by atoms with Crippen LogP contribution in [0.4, 0.5) is 0 Å². The summed E-state index contributed by atoms with van der Waals surface area (Å²) in [5.41, 5.74) is 2.30. The van der Waals surface area contributed by atoms with Gasteiger partial charge in [0.25, 0.3) is 0 Å². The van der Waals surface area contributed by atoms with Crippen LogP contribution < -0.4 is 0 Å². The van der Waals surface area contributed by atoms with E-state index in [4.69, 9.17) is 0 Å². The Labute approximate surface area is 93.9 Å². The molecule has 0 radical (unpaired) electrons. The SMILES string of the molecule is CCc1ccccc1C(=O)c1cnnn1C. The second-order valence-corrected chi connectivity index (χ2v) is 3.58. The summed E-state index contributed by atoms with van der Waals surface area (Å²) in [6.07, 6.45) is 2.34. The molecule has 2 aromatic rings. The van der Waals surface area contributed by atoms with E-state index >= 15 is 0 Å². The van der Waals surface area contributed by atoms with E-state index in [0.29, 0.717) is 5.69 Å². The molecule has 0 spiro atoms. The monoisotopic (exact) mass is 215 g/mol. The molecular formula is C12H13N3O. The molecule has 0 aliphatic heterocycles. The molecule has 0 aliphatic rings. The van der Waals surface area contributed by atoms with Crippen LogP contribution in [0.15, 0.2) is 30.5 Å². The summed E-state index contributed by atoms with van der Waals surface area (Å²) in [7, 11) is 1.72. The molecule has 2 rings (SSSR count). The molecule has 1 aromatic heterocycles. The maximum Gasteiger partial charge on any atom is 0.212 e. The van der Waals surface area contributed by atoms with Crippen molar-refractivity contribution >= 4 is 5.78 Å². The summed E-state index contributed by atoms with van der Waals surface area (Å²) < 4.78 is 1.49. The number of nitrogens with zero attached hydrogens (tertiary/aromatic N) is 3. The Kier molecular flexibility index (Phi) is 2.81. The highest BCUT2D eigenvalue weighted by atomic mass is 16.1. The fourth-order valence-electron chi connectivity index (χ4n) is 1.68. The van der Waals surface area contributed by atoms with Gasteiger partial charge in [0.15, 0.2) is 0 Å². The Morgan fingerprint density at radius 1 is 1.38 bits per heavy atom. The molecule has 82 valence electrons. The van der Waals surface area contributed by atoms with E-state index in [9.17, 15) is 4.79 Å². The molecule has 1 aromatic carbocycles. The summed E-state index contributed by atoms with van der Waals surface area (Å²) in [6.45, 7) is 2.04. The van der Waals surface area contributed by atoms with E-state index in [2.05, 4.69) is 10.3 Å². The van der Waals surface area contributed by atoms with Crippen LogP contribution >= 0.6 is 0 Å². The number of carbonyl (C=O) groups is 1. The zero-order valence-corrected chi connectivity index (χ0v) is 9.34. The average molecular weight is 215 g/mol. The van der Waals surface area contributed by atoms with E-state index in [1.807, 2.05) is 31.2 Å². The number of aromatic nitrogens is 3. The van der Waals surface area contributed by atoms with Crippen LogP contribution in [0.1, 0.15) is 28.5 Å². The molecule has 0 N–H and O–H groups in total. The molecule has 0 aliphatic carbocycles. The molecule has 0 amide bonds. The fourth-order valence-corrected chi connectivity index (χ4v) is 1.68. The first kappa shape index (κ1) is 10.5. The Morgan fingerprint density at radius 3 is 2.75 bits per heavy atom. The van der Waals surface area contributed by atoms with Gasteiger partial charge in [0.05, 0.1) is 6.20 Å². The van der Waals surface area contributed by atoms with Crippen LogP contribution in [-0.4, -0.2) is 20.8 Å². The van der Waals surface area contributed by atoms with Crippen molar-refractivity contribution in [2.75, 3.05) is 0 Å². The second-order valence-electron chi connectivity index (χ2n) is 3.58. The minimum atomic E-state index is -0.0232. The summed E-state index contributed by atoms with van der Waals surface area (Å²) in [6, 6.07) is 7.62. The Balaban J connectivity index is 2.46. The predicted molar refractivity (Wildman–Crippen MR) is 60.3 cm³/mol. The van der Waals surface area contributed by atoms with Gasteiger partial charge in [-0.05, 0) is 12.0 Å². The lowest BCUT2D eigenvalue weighted by atomic mass is 10.0. The first-order valence-corrected chi connectivity index (χ1v) is 5.21. The smallest absolute Gasteiger partial charge is 0.212 e. The van der Waals surface area contributed by atoms with Crippen molar-refractivity contribution in [2.24, 2.45) is 7.05 Å². The highest BCUT2D eigenvalue weighted by molar-refractivity contribution is 6.08. The van der Waals surface area contributed by atoms with Crippen molar-refractivity contribution < 1.29 is 4.79 Å². The summed E-state index contributed by atoms with van der Waals surface area (Å²) in [5, 5.41) is 7.48. The molecule has 0 unspecified atom stereocenters. The molecule has 0 atom stereocenters. The highest BCUT2D eigenvalue weighted by Gasteiger charge is 2.15. The Morgan fingerprint density at radius 2 is 2.12 bits per heavy atom. The van der Waals surface area contributed by atoms with Crippen LogP contribution in [0.2, 0.25) is 0 Å². The summed E-state index contributed by atoms with van der Waals surface area (Å²) in [4.78, 5) is 12.2. The largest absolute Gasteiger partial charge is 0.287 e. The zero-order valence-electron chi connectivity index (χ0n) is 9.34. The quantitative estimate of drug-likeness (QED) is 0.731. The van der Waals surface area contributed by atoms with Gasteiger partial charge in [-0.2, -0.15) is 0 Å². The third-order valence-corrected chi connectivity index (χ3v) is 2.59. The van der Waals surface area contributed by atoms with Gasteiger partial charge in [-0.3, -0.25) is 4.79 Å². The van der Waals surface area contributed by atoms with Crippen LogP contribution in [0.5, 0.6) is 0 Å². The van der Waals surface area contributed by atoms with Gasteiger partial charge in [-0.25, -0.2) is 4.68 Å². The van der Waals surface area contributed by atoms with Crippen molar-refractivity contribution in [3.05, 3.63) is 47.3 Å². The minimum Gasteiger partial charge on any atom is -0.287 e. The lowest BCUT2D eigenvalue weighted by molar-refractivity contribution is 0.102. The number of hydrogen-bond acceptors (Lipinski definition) is 3. The van der Waals surface area contributed by atoms with Gasteiger partial charge in [-0.15, -0.1) is 5.10 Å². The number of benzene rings is 1. The van der Waals surface area contributed by atoms with E-state index < -0.39 is 0 Å². The van der Waals surface area contributed by atoms with E-state index in [0.717, 1.165) is 17.5 Å². The molecule has 0 bridgehead atoms. The van der Waals surface area contributed by atoms with Crippen molar-refractivity contribution in [3.63, 3.8) is 0 Å². The molecule has 16 heavy (non-hydrogen) atoms. The summed E-state index contributed by atoms with van der Waals surface area (Å²) >= 11 is 0. The maximum absolute atomic E-state index is 12.2. The van der Waals surface area contributed by atoms with Crippen LogP contribution in [0, 0.1) is 0 Å². The van der Waals surface area contributed by atoms with Gasteiger partial charge in [0.1, 0.15) is 5.69 Å². The van der Waals surface area contributed by atoms with Gasteiger partial charge >= 0.3 is 0 Å². The second kappa shape index (κ2) is 4.26. The number of rotatable bonds is 3. The molecule has 0 saturated carbocycles. The maximum atomic E-state index is 12.2. The minimum absolute atomic E-state index is 0.0232. The molecule has 0 saturated heterocycles. The molecule has 1 heterocycles. The Bertz CT molecular complexity index is 516. The molecule has 4 nitrogen and oxygen atoms in total. The standard InChI is InChI=1S/C12H13N3O/c1-3-9-6-4-5-7-10(9)12(16)11-8-13-14-15(11)2/h4-8H,3H2,1-2H3. The topological polar surface area (TPSA) is 47.8 Å². The van der Waals surface area contributed by atoms with E-state index in [1.165, 1.54) is 10.9 Å². The number of aryl methyl sites for hydroxylation is 2. The first-order chi connectivity index (χ1) is 7.74. The van der Waals surface area contributed by atoms with Gasteiger partial charge in [-0.1, -0.05) is 36.4 Å². The fraction of sp³-hybridized carbons (Fsp3) is 0.250. The molecular weight excluding hydrogens is 202 g/mol. The van der Waals surface area contributed by atoms with Gasteiger partial charge in [0, 0.05) is 12.6 Å². The number of hydrogen-bond donors (Lipinski definition) is 0. The van der Waals surface area contributed by atoms with Gasteiger partial charge in [0.2, 0.25) is 5.78 Å². The van der Waals surface area contributed by atoms with Crippen molar-refractivity contribution in [1.29, 1.82) is 0 Å². The van der Waals surface area contributed by atoms with E-state index in [1.54, 1.807) is 7.05 Å². The summed E-state index contributed by atoms with van der Waals surface area (Å²) in [5.74, 6) is -0.0232. The van der Waals surface area contributed by atoms with E-state index in [-0.39, 0.29) is 5.78 Å². The van der Waals surface area contributed by atoms with Crippen LogP contribution in [0.25, 0.3) is 0 Å². The van der Waals surface area contributed by atoms with Crippen molar-refractivity contribution in [3.8, 4) is 0 Å². The number of ketones is 1. The molecule has 0 fully saturated rings. The van der Waals surface area contributed by atoms with Crippen LogP contribution in [0.3, 0.4) is 0 Å². The zero-order chi connectivity index (χ0) is 11.5. The average Bonchev–Trinajstić information content (AvgIpc) is 2.74. The third kappa shape index (κ3) is 1.74. The van der Waals surface area contributed by atoms with Gasteiger partial charge < -0.3 is 0 Å². The van der Waals surface area contributed by atoms with Crippen molar-refractivity contribution in [1.82, 2.24) is 15.0 Å². The predicted octanol–water partition coefficient (Wildman–Crippen LogP) is 1.61. The Hall–Kier alpha value is -1.97. The lowest BCUT2D eigenvalue weighted by Gasteiger charge is -2.05.